The summed E-state index contributed by atoms with van der Waals surface area (Å²) in [7, 11) is 0. The summed E-state index contributed by atoms with van der Waals surface area (Å²) in [5.74, 6) is -1.00. The number of pyridine rings is 1. The summed E-state index contributed by atoms with van der Waals surface area (Å²) in [6.45, 7) is 0. The predicted molar refractivity (Wildman–Crippen MR) is 55.8 cm³/mol. The van der Waals surface area contributed by atoms with Gasteiger partial charge in [0.05, 0.1) is 10.6 Å². The molecule has 2 N–H and O–H groups in total. The van der Waals surface area contributed by atoms with Crippen LogP contribution in [0.25, 0.3) is 11.0 Å². The average Bonchev–Trinajstić information content (AvgIpc) is 2.48. The van der Waals surface area contributed by atoms with Crippen LogP contribution in [0.3, 0.4) is 0 Å². The number of rotatable bonds is 1. The number of nitrogens with one attached hydrogen (secondary N) is 1. The maximum Gasteiger partial charge on any atom is 0.337 e. The van der Waals surface area contributed by atoms with Crippen molar-refractivity contribution in [3.63, 3.8) is 0 Å². The number of carboxylic acid groups (broad SMARTS) is 1. The Balaban J connectivity index is 2.80. The van der Waals surface area contributed by atoms with Crippen molar-refractivity contribution in [2.24, 2.45) is 0 Å². The summed E-state index contributed by atoms with van der Waals surface area (Å²) in [6, 6.07) is 1.56. The number of H-pyrrole nitrogens is 1. The Morgan fingerprint density at radius 3 is 3.00 bits per heavy atom. The van der Waals surface area contributed by atoms with Crippen LogP contribution in [0, 0.1) is 0 Å². The van der Waals surface area contributed by atoms with E-state index in [-0.39, 0.29) is 5.56 Å². The van der Waals surface area contributed by atoms with Gasteiger partial charge in [0, 0.05) is 11.6 Å². The van der Waals surface area contributed by atoms with Crippen LogP contribution >= 0.6 is 27.5 Å². The van der Waals surface area contributed by atoms with Crippen LogP contribution in [0.5, 0.6) is 0 Å². The first-order valence-electron chi connectivity index (χ1n) is 3.66. The van der Waals surface area contributed by atoms with E-state index in [1.54, 1.807) is 6.07 Å². The molecule has 0 aliphatic carbocycles. The van der Waals surface area contributed by atoms with E-state index in [0.717, 1.165) is 0 Å². The second-order valence-corrected chi connectivity index (χ2v) is 3.82. The summed E-state index contributed by atoms with van der Waals surface area (Å²) >= 11 is 8.96. The lowest BCUT2D eigenvalue weighted by atomic mass is 10.2. The highest BCUT2D eigenvalue weighted by atomic mass is 79.9. The first-order chi connectivity index (χ1) is 6.59. The van der Waals surface area contributed by atoms with E-state index >= 15 is 0 Å². The van der Waals surface area contributed by atoms with Crippen LogP contribution in [0.1, 0.15) is 10.4 Å². The molecule has 0 spiro atoms. The largest absolute Gasteiger partial charge is 0.478 e. The van der Waals surface area contributed by atoms with Crippen molar-refractivity contribution in [3.05, 3.63) is 27.5 Å². The summed E-state index contributed by atoms with van der Waals surface area (Å²) in [4.78, 5) is 17.6. The zero-order valence-electron chi connectivity index (χ0n) is 6.71. The van der Waals surface area contributed by atoms with Crippen molar-refractivity contribution in [3.8, 4) is 0 Å². The Morgan fingerprint density at radius 1 is 1.64 bits per heavy atom. The molecule has 6 heteroatoms. The molecule has 0 radical (unpaired) electrons. The molecule has 0 aliphatic rings. The molecule has 14 heavy (non-hydrogen) atoms. The third-order valence-electron chi connectivity index (χ3n) is 1.81. The van der Waals surface area contributed by atoms with Crippen LogP contribution in [0.4, 0.5) is 0 Å². The van der Waals surface area contributed by atoms with Gasteiger partial charge in [0.2, 0.25) is 0 Å². The molecule has 72 valence electrons. The van der Waals surface area contributed by atoms with Gasteiger partial charge in [0.15, 0.2) is 0 Å². The third kappa shape index (κ3) is 1.38. The number of aromatic nitrogens is 2. The van der Waals surface area contributed by atoms with Gasteiger partial charge >= 0.3 is 5.97 Å². The molecule has 0 bridgehead atoms. The fourth-order valence-electron chi connectivity index (χ4n) is 1.18. The minimum absolute atomic E-state index is 0.168. The Morgan fingerprint density at radius 2 is 2.36 bits per heavy atom. The molecule has 2 rings (SSSR count). The monoisotopic (exact) mass is 274 g/mol. The maximum atomic E-state index is 10.8. The van der Waals surface area contributed by atoms with Crippen LogP contribution in [-0.2, 0) is 0 Å². The number of carbonyl (C=O) groups is 1. The van der Waals surface area contributed by atoms with Gasteiger partial charge in [-0.15, -0.1) is 0 Å². The second-order valence-electron chi connectivity index (χ2n) is 2.66. The minimum Gasteiger partial charge on any atom is -0.478 e. The van der Waals surface area contributed by atoms with E-state index in [2.05, 4.69) is 25.9 Å². The van der Waals surface area contributed by atoms with Gasteiger partial charge in [-0.25, -0.2) is 9.78 Å². The molecule has 4 nitrogen and oxygen atoms in total. The lowest BCUT2D eigenvalue weighted by Crippen LogP contribution is -1.93. The Kier molecular flexibility index (Phi) is 2.20. The first-order valence-corrected chi connectivity index (χ1v) is 4.83. The average molecular weight is 275 g/mol. The van der Waals surface area contributed by atoms with Crippen molar-refractivity contribution in [2.45, 2.75) is 0 Å². The molecule has 2 aromatic rings. The highest BCUT2D eigenvalue weighted by Gasteiger charge is 2.12. The van der Waals surface area contributed by atoms with Crippen molar-refractivity contribution in [2.75, 3.05) is 0 Å². The number of aromatic amines is 1. The van der Waals surface area contributed by atoms with E-state index in [0.29, 0.717) is 20.7 Å². The lowest BCUT2D eigenvalue weighted by Gasteiger charge is -1.95. The van der Waals surface area contributed by atoms with Crippen molar-refractivity contribution >= 4 is 44.5 Å². The number of carboxylic acids is 1. The SMILES string of the molecule is O=C(O)c1c[nH]c2nc(Br)c(Cl)cc12. The Labute approximate surface area is 92.0 Å². The van der Waals surface area contributed by atoms with E-state index in [1.165, 1.54) is 6.20 Å². The van der Waals surface area contributed by atoms with Gasteiger partial charge in [-0.1, -0.05) is 11.6 Å². The van der Waals surface area contributed by atoms with Gasteiger partial charge in [0.25, 0.3) is 0 Å². The standard InChI is InChI=1S/C8H4BrClN2O2/c9-6-5(10)1-3-4(8(13)14)2-11-7(3)12-6/h1-2H,(H,11,12)(H,13,14). The van der Waals surface area contributed by atoms with Crippen molar-refractivity contribution < 1.29 is 9.90 Å². The molecule has 0 aliphatic heterocycles. The number of aromatic carboxylic acids is 1. The molecular formula is C8H4BrClN2O2. The normalized spacial score (nSPS) is 10.7. The lowest BCUT2D eigenvalue weighted by molar-refractivity contribution is 0.0699. The number of hydrogen-bond acceptors (Lipinski definition) is 2. The van der Waals surface area contributed by atoms with Crippen LogP contribution in [-0.4, -0.2) is 21.0 Å². The maximum absolute atomic E-state index is 10.8. The zero-order valence-corrected chi connectivity index (χ0v) is 9.06. The summed E-state index contributed by atoms with van der Waals surface area (Å²) in [5, 5.41) is 9.72. The molecular weight excluding hydrogens is 271 g/mol. The van der Waals surface area contributed by atoms with E-state index in [4.69, 9.17) is 16.7 Å². The van der Waals surface area contributed by atoms with Gasteiger partial charge < -0.3 is 10.1 Å². The van der Waals surface area contributed by atoms with E-state index < -0.39 is 5.97 Å². The van der Waals surface area contributed by atoms with Crippen LogP contribution in [0.2, 0.25) is 5.02 Å². The number of hydrogen-bond donors (Lipinski definition) is 2. The molecule has 2 heterocycles. The molecule has 0 fully saturated rings. The minimum atomic E-state index is -1.00. The van der Waals surface area contributed by atoms with Gasteiger partial charge in [0.1, 0.15) is 10.3 Å². The van der Waals surface area contributed by atoms with E-state index in [9.17, 15) is 4.79 Å². The molecule has 0 unspecified atom stereocenters. The Bertz CT molecular complexity index is 523. The molecule has 0 saturated carbocycles. The molecule has 2 aromatic heterocycles. The second kappa shape index (κ2) is 3.25. The smallest absolute Gasteiger partial charge is 0.337 e. The van der Waals surface area contributed by atoms with Crippen molar-refractivity contribution in [1.29, 1.82) is 0 Å². The first kappa shape index (κ1) is 9.48. The molecule has 0 saturated heterocycles. The van der Waals surface area contributed by atoms with Crippen LogP contribution < -0.4 is 0 Å². The summed E-state index contributed by atoms with van der Waals surface area (Å²) < 4.78 is 0.491. The van der Waals surface area contributed by atoms with Crippen LogP contribution in [0.15, 0.2) is 16.9 Å². The quantitative estimate of drug-likeness (QED) is 0.786. The van der Waals surface area contributed by atoms with E-state index in [1.807, 2.05) is 0 Å². The number of fused-ring (bicyclic) bond motifs is 1. The number of halogens is 2. The third-order valence-corrected chi connectivity index (χ3v) is 2.93. The molecule has 0 aromatic carbocycles. The molecule has 0 atom stereocenters. The van der Waals surface area contributed by atoms with Gasteiger partial charge in [-0.05, 0) is 22.0 Å². The highest BCUT2D eigenvalue weighted by Crippen LogP contribution is 2.26. The van der Waals surface area contributed by atoms with Gasteiger partial charge in [-0.2, -0.15) is 0 Å². The Hall–Kier alpha value is -1.07. The number of nitrogens with zero attached hydrogens (tertiary/aromatic N) is 1. The predicted octanol–water partition coefficient (Wildman–Crippen LogP) is 2.68. The fourth-order valence-corrected chi connectivity index (χ4v) is 1.62. The highest BCUT2D eigenvalue weighted by molar-refractivity contribution is 9.10. The summed E-state index contributed by atoms with van der Waals surface area (Å²) in [6.07, 6.45) is 1.39. The van der Waals surface area contributed by atoms with Gasteiger partial charge in [-0.3, -0.25) is 0 Å². The topological polar surface area (TPSA) is 66.0 Å². The van der Waals surface area contributed by atoms with Crippen molar-refractivity contribution in [1.82, 2.24) is 9.97 Å². The summed E-state index contributed by atoms with van der Waals surface area (Å²) in [5.41, 5.74) is 0.667. The fraction of sp³-hybridized carbons (Fsp3) is 0. The molecule has 0 amide bonds. The zero-order chi connectivity index (χ0) is 10.3.